The molecular weight excluding hydrogens is 477 g/mol. The Bertz CT molecular complexity index is 1280. The quantitative estimate of drug-likeness (QED) is 0.321. The molecule has 4 rings (SSSR count). The third-order valence-electron chi connectivity index (χ3n) is 5.13. The lowest BCUT2D eigenvalue weighted by atomic mass is 10.1. The number of nitrogens with one attached hydrogen (secondary N) is 1. The lowest BCUT2D eigenvalue weighted by Crippen LogP contribution is -2.28. The molecule has 0 fully saturated rings. The fraction of sp³-hybridized carbons (Fsp3) is 0.167. The highest BCUT2D eigenvalue weighted by molar-refractivity contribution is 7.99. The van der Waals surface area contributed by atoms with E-state index in [0.29, 0.717) is 21.0 Å². The summed E-state index contributed by atoms with van der Waals surface area (Å²) in [6.07, 6.45) is 3.41. The van der Waals surface area contributed by atoms with E-state index >= 15 is 0 Å². The Morgan fingerprint density at radius 2 is 1.76 bits per heavy atom. The van der Waals surface area contributed by atoms with Crippen molar-refractivity contribution in [1.82, 2.24) is 25.1 Å². The Morgan fingerprint density at radius 3 is 2.52 bits per heavy atom. The topological polar surface area (TPSA) is 72.7 Å². The summed E-state index contributed by atoms with van der Waals surface area (Å²) in [5.41, 5.74) is 3.48. The molecule has 33 heavy (non-hydrogen) atoms. The molecule has 0 spiro atoms. The third-order valence-corrected chi connectivity index (χ3v) is 6.82. The van der Waals surface area contributed by atoms with E-state index in [-0.39, 0.29) is 17.7 Å². The van der Waals surface area contributed by atoms with Gasteiger partial charge in [0.15, 0.2) is 11.0 Å². The zero-order valence-corrected chi connectivity index (χ0v) is 20.3. The van der Waals surface area contributed by atoms with E-state index in [1.165, 1.54) is 11.8 Å². The maximum atomic E-state index is 12.7. The van der Waals surface area contributed by atoms with E-state index in [1.807, 2.05) is 73.0 Å². The molecule has 168 valence electrons. The minimum atomic E-state index is -0.216. The predicted molar refractivity (Wildman–Crippen MR) is 133 cm³/mol. The fourth-order valence-electron chi connectivity index (χ4n) is 3.42. The molecule has 0 aliphatic carbocycles. The minimum absolute atomic E-state index is 0.129. The fourth-order valence-corrected chi connectivity index (χ4v) is 4.65. The molecule has 0 aliphatic heterocycles. The molecule has 4 aromatic rings. The standard InChI is InChI=1S/C24H21Cl2N5OS/c1-15-19(25)8-5-9-21(15)31-23(17-10-12-27-13-11-17)29-30-24(31)33-14-22(32)28-16(2)18-6-3-4-7-20(18)26/h3-13,16H,14H2,1-2H3,(H,28,32). The maximum Gasteiger partial charge on any atom is 0.230 e. The molecule has 2 heterocycles. The van der Waals surface area contributed by atoms with Crippen LogP contribution in [0.2, 0.25) is 10.0 Å². The summed E-state index contributed by atoms with van der Waals surface area (Å²) in [5.74, 6) is 0.688. The number of carbonyl (C=O) groups is 1. The van der Waals surface area contributed by atoms with Crippen molar-refractivity contribution in [2.24, 2.45) is 0 Å². The molecule has 0 aliphatic rings. The van der Waals surface area contributed by atoms with Crippen molar-refractivity contribution in [2.45, 2.75) is 25.0 Å². The van der Waals surface area contributed by atoms with Gasteiger partial charge in [-0.15, -0.1) is 10.2 Å². The van der Waals surface area contributed by atoms with E-state index in [9.17, 15) is 4.79 Å². The summed E-state index contributed by atoms with van der Waals surface area (Å²) in [6, 6.07) is 16.7. The van der Waals surface area contributed by atoms with Gasteiger partial charge in [0.05, 0.1) is 17.5 Å². The Kier molecular flexibility index (Phi) is 7.33. The van der Waals surface area contributed by atoms with Crippen molar-refractivity contribution >= 4 is 40.9 Å². The van der Waals surface area contributed by atoms with Gasteiger partial charge >= 0.3 is 0 Å². The molecular formula is C24H21Cl2N5OS. The summed E-state index contributed by atoms with van der Waals surface area (Å²) in [4.78, 5) is 16.8. The second-order valence-corrected chi connectivity index (χ2v) is 9.12. The van der Waals surface area contributed by atoms with Gasteiger partial charge in [-0.25, -0.2) is 0 Å². The van der Waals surface area contributed by atoms with Gasteiger partial charge in [0, 0.05) is 28.0 Å². The molecule has 0 saturated heterocycles. The summed E-state index contributed by atoms with van der Waals surface area (Å²) >= 11 is 14.0. The summed E-state index contributed by atoms with van der Waals surface area (Å²) in [5, 5.41) is 13.6. The number of halogens is 2. The van der Waals surface area contributed by atoms with Crippen LogP contribution < -0.4 is 5.32 Å². The van der Waals surface area contributed by atoms with Crippen LogP contribution in [0.15, 0.2) is 72.1 Å². The van der Waals surface area contributed by atoms with Crippen LogP contribution in [0.25, 0.3) is 17.1 Å². The van der Waals surface area contributed by atoms with Gasteiger partial charge in [0.1, 0.15) is 0 Å². The van der Waals surface area contributed by atoms with Gasteiger partial charge in [0.2, 0.25) is 5.91 Å². The van der Waals surface area contributed by atoms with Gasteiger partial charge in [-0.05, 0) is 55.3 Å². The predicted octanol–water partition coefficient (Wildman–Crippen LogP) is 5.91. The van der Waals surface area contributed by atoms with E-state index in [1.54, 1.807) is 12.4 Å². The molecule has 2 aromatic heterocycles. The smallest absolute Gasteiger partial charge is 0.230 e. The molecule has 2 aromatic carbocycles. The number of hydrogen-bond donors (Lipinski definition) is 1. The van der Waals surface area contributed by atoms with Crippen molar-refractivity contribution < 1.29 is 4.79 Å². The van der Waals surface area contributed by atoms with E-state index in [0.717, 1.165) is 22.4 Å². The Balaban J connectivity index is 1.59. The first kappa shape index (κ1) is 23.3. The van der Waals surface area contributed by atoms with Crippen molar-refractivity contribution in [2.75, 3.05) is 5.75 Å². The van der Waals surface area contributed by atoms with Crippen LogP contribution in [-0.4, -0.2) is 31.4 Å². The van der Waals surface area contributed by atoms with Gasteiger partial charge < -0.3 is 5.32 Å². The van der Waals surface area contributed by atoms with Crippen LogP contribution >= 0.6 is 35.0 Å². The maximum absolute atomic E-state index is 12.7. The summed E-state index contributed by atoms with van der Waals surface area (Å²) < 4.78 is 1.92. The number of carbonyl (C=O) groups excluding carboxylic acids is 1. The van der Waals surface area contributed by atoms with E-state index < -0.39 is 0 Å². The minimum Gasteiger partial charge on any atom is -0.349 e. The van der Waals surface area contributed by atoms with Crippen LogP contribution in [0.5, 0.6) is 0 Å². The average molecular weight is 498 g/mol. The SMILES string of the molecule is Cc1c(Cl)cccc1-n1c(SCC(=O)NC(C)c2ccccc2Cl)nnc1-c1ccncc1. The van der Waals surface area contributed by atoms with Crippen molar-refractivity contribution in [3.05, 3.63) is 88.2 Å². The lowest BCUT2D eigenvalue weighted by molar-refractivity contribution is -0.119. The second kappa shape index (κ2) is 10.4. The van der Waals surface area contributed by atoms with Crippen LogP contribution in [0, 0.1) is 6.92 Å². The molecule has 0 saturated carbocycles. The highest BCUT2D eigenvalue weighted by atomic mass is 35.5. The van der Waals surface area contributed by atoms with Crippen LogP contribution in [0.1, 0.15) is 24.1 Å². The molecule has 0 radical (unpaired) electrons. The zero-order chi connectivity index (χ0) is 23.4. The monoisotopic (exact) mass is 497 g/mol. The first-order valence-electron chi connectivity index (χ1n) is 10.2. The Labute approximate surface area is 206 Å². The zero-order valence-electron chi connectivity index (χ0n) is 18.0. The highest BCUT2D eigenvalue weighted by Crippen LogP contribution is 2.31. The number of rotatable bonds is 7. The highest BCUT2D eigenvalue weighted by Gasteiger charge is 2.20. The number of amides is 1. The number of aromatic nitrogens is 4. The lowest BCUT2D eigenvalue weighted by Gasteiger charge is -2.16. The first-order valence-corrected chi connectivity index (χ1v) is 12.0. The van der Waals surface area contributed by atoms with Crippen LogP contribution in [0.4, 0.5) is 0 Å². The van der Waals surface area contributed by atoms with Gasteiger partial charge in [-0.1, -0.05) is 59.2 Å². The molecule has 1 atom stereocenters. The first-order chi connectivity index (χ1) is 16.0. The van der Waals surface area contributed by atoms with Crippen molar-refractivity contribution in [3.63, 3.8) is 0 Å². The number of thioether (sulfide) groups is 1. The normalized spacial score (nSPS) is 11.9. The van der Waals surface area contributed by atoms with Crippen LogP contribution in [0.3, 0.4) is 0 Å². The van der Waals surface area contributed by atoms with Crippen molar-refractivity contribution in [3.8, 4) is 17.1 Å². The Hall–Kier alpha value is -2.87. The number of pyridine rings is 1. The van der Waals surface area contributed by atoms with E-state index in [2.05, 4.69) is 20.5 Å². The average Bonchev–Trinajstić information content (AvgIpc) is 3.24. The third kappa shape index (κ3) is 5.21. The number of nitrogens with zero attached hydrogens (tertiary/aromatic N) is 4. The van der Waals surface area contributed by atoms with Gasteiger partial charge in [0.25, 0.3) is 0 Å². The van der Waals surface area contributed by atoms with Gasteiger partial charge in [-0.2, -0.15) is 0 Å². The molecule has 9 heteroatoms. The number of benzene rings is 2. The largest absolute Gasteiger partial charge is 0.349 e. The van der Waals surface area contributed by atoms with E-state index in [4.69, 9.17) is 23.2 Å². The van der Waals surface area contributed by atoms with Crippen LogP contribution in [-0.2, 0) is 4.79 Å². The molecule has 0 bridgehead atoms. The summed E-state index contributed by atoms with van der Waals surface area (Å²) in [7, 11) is 0. The molecule has 1 amide bonds. The Morgan fingerprint density at radius 1 is 1.03 bits per heavy atom. The van der Waals surface area contributed by atoms with Crippen molar-refractivity contribution in [1.29, 1.82) is 0 Å². The van der Waals surface area contributed by atoms with Gasteiger partial charge in [-0.3, -0.25) is 14.3 Å². The summed E-state index contributed by atoms with van der Waals surface area (Å²) in [6.45, 7) is 3.85. The molecule has 1 unspecified atom stereocenters. The molecule has 1 N–H and O–H groups in total. The number of hydrogen-bond acceptors (Lipinski definition) is 5. The molecule has 6 nitrogen and oxygen atoms in total. The second-order valence-electron chi connectivity index (χ2n) is 7.36.